The van der Waals surface area contributed by atoms with Gasteiger partial charge < -0.3 is 14.2 Å². The van der Waals surface area contributed by atoms with Crippen LogP contribution in [0.25, 0.3) is 0 Å². The highest BCUT2D eigenvalue weighted by atomic mass is 16.6. The number of ether oxygens (including phenoxy) is 3. The van der Waals surface area contributed by atoms with Gasteiger partial charge >= 0.3 is 17.9 Å². The van der Waals surface area contributed by atoms with Gasteiger partial charge in [0.25, 0.3) is 0 Å². The Labute approximate surface area is 380 Å². The number of esters is 3. The molecule has 1 atom stereocenters. The summed E-state index contributed by atoms with van der Waals surface area (Å²) in [5, 5.41) is 0. The van der Waals surface area contributed by atoms with Gasteiger partial charge in [0.15, 0.2) is 6.10 Å². The van der Waals surface area contributed by atoms with Crippen molar-refractivity contribution >= 4 is 17.9 Å². The molecule has 0 aromatic rings. The zero-order valence-corrected chi connectivity index (χ0v) is 41.2. The maximum absolute atomic E-state index is 12.8. The fourth-order valence-corrected chi connectivity index (χ4v) is 8.14. The average Bonchev–Trinajstić information content (AvgIpc) is 3.26. The quantitative estimate of drug-likeness (QED) is 0.0262. The van der Waals surface area contributed by atoms with Gasteiger partial charge in [-0.15, -0.1) is 0 Å². The van der Waals surface area contributed by atoms with Gasteiger partial charge in [-0.3, -0.25) is 14.4 Å². The molecular formula is C55H104O6. The van der Waals surface area contributed by atoms with Gasteiger partial charge in [0.2, 0.25) is 0 Å². The van der Waals surface area contributed by atoms with Crippen LogP contribution in [0.3, 0.4) is 0 Å². The van der Waals surface area contributed by atoms with Gasteiger partial charge in [0.1, 0.15) is 13.2 Å². The van der Waals surface area contributed by atoms with Crippen molar-refractivity contribution in [2.75, 3.05) is 13.2 Å². The second kappa shape index (κ2) is 50.8. The average molecular weight is 861 g/mol. The minimum Gasteiger partial charge on any atom is -0.462 e. The first-order valence-electron chi connectivity index (χ1n) is 27.2. The van der Waals surface area contributed by atoms with E-state index in [1.807, 2.05) is 0 Å². The molecule has 1 unspecified atom stereocenters. The summed E-state index contributed by atoms with van der Waals surface area (Å²) in [6.45, 7) is 6.66. The molecule has 0 aromatic carbocycles. The highest BCUT2D eigenvalue weighted by Gasteiger charge is 2.19. The second-order valence-corrected chi connectivity index (χ2v) is 18.5. The largest absolute Gasteiger partial charge is 0.462 e. The molecule has 0 aliphatic rings. The first kappa shape index (κ1) is 59.1. The van der Waals surface area contributed by atoms with Crippen LogP contribution < -0.4 is 0 Å². The summed E-state index contributed by atoms with van der Waals surface area (Å²) >= 11 is 0. The topological polar surface area (TPSA) is 78.9 Å². The molecule has 6 heteroatoms. The van der Waals surface area contributed by atoms with Crippen LogP contribution in [0.1, 0.15) is 303 Å². The van der Waals surface area contributed by atoms with Crippen LogP contribution >= 0.6 is 0 Å². The summed E-state index contributed by atoms with van der Waals surface area (Å²) < 4.78 is 16.8. The zero-order valence-electron chi connectivity index (χ0n) is 41.2. The van der Waals surface area contributed by atoms with E-state index < -0.39 is 6.10 Å². The Balaban J connectivity index is 4.30. The van der Waals surface area contributed by atoms with E-state index in [0.29, 0.717) is 19.3 Å². The van der Waals surface area contributed by atoms with E-state index in [-0.39, 0.29) is 31.1 Å². The van der Waals surface area contributed by atoms with Gasteiger partial charge in [0, 0.05) is 19.3 Å². The van der Waals surface area contributed by atoms with Crippen molar-refractivity contribution in [3.8, 4) is 0 Å². The van der Waals surface area contributed by atoms with Crippen LogP contribution in [0.5, 0.6) is 0 Å². The summed E-state index contributed by atoms with van der Waals surface area (Å²) in [6, 6.07) is 0. The van der Waals surface area contributed by atoms with Gasteiger partial charge in [-0.2, -0.15) is 0 Å². The Bertz CT molecular complexity index is 947. The molecule has 360 valence electrons. The fourth-order valence-electron chi connectivity index (χ4n) is 8.14. The van der Waals surface area contributed by atoms with Crippen LogP contribution in [0.4, 0.5) is 0 Å². The van der Waals surface area contributed by atoms with Gasteiger partial charge in [-0.05, 0) is 44.9 Å². The summed E-state index contributed by atoms with van der Waals surface area (Å²) in [6.07, 6.45) is 56.2. The third-order valence-electron chi connectivity index (χ3n) is 12.3. The first-order valence-corrected chi connectivity index (χ1v) is 27.2. The molecule has 0 bridgehead atoms. The second-order valence-electron chi connectivity index (χ2n) is 18.5. The van der Waals surface area contributed by atoms with E-state index in [4.69, 9.17) is 14.2 Å². The predicted octanol–water partition coefficient (Wildman–Crippen LogP) is 17.8. The highest BCUT2D eigenvalue weighted by molar-refractivity contribution is 5.71. The maximum Gasteiger partial charge on any atom is 0.306 e. The lowest BCUT2D eigenvalue weighted by Crippen LogP contribution is -2.30. The fraction of sp³-hybridized carbons (Fsp3) is 0.909. The summed E-state index contributed by atoms with van der Waals surface area (Å²) in [4.78, 5) is 38.0. The molecule has 0 N–H and O–H groups in total. The first-order chi connectivity index (χ1) is 30.0. The molecule has 61 heavy (non-hydrogen) atoms. The number of hydrogen-bond acceptors (Lipinski definition) is 6. The molecule has 0 saturated carbocycles. The van der Waals surface area contributed by atoms with Crippen molar-refractivity contribution in [3.05, 3.63) is 12.2 Å². The molecular weight excluding hydrogens is 757 g/mol. The zero-order chi connectivity index (χ0) is 44.4. The minimum atomic E-state index is -0.767. The number of hydrogen-bond donors (Lipinski definition) is 0. The Morgan fingerprint density at radius 2 is 0.541 bits per heavy atom. The van der Waals surface area contributed by atoms with Crippen molar-refractivity contribution in [3.63, 3.8) is 0 Å². The van der Waals surface area contributed by atoms with E-state index >= 15 is 0 Å². The third-order valence-corrected chi connectivity index (χ3v) is 12.3. The number of carbonyl (C=O) groups is 3. The van der Waals surface area contributed by atoms with E-state index in [1.54, 1.807) is 0 Å². The highest BCUT2D eigenvalue weighted by Crippen LogP contribution is 2.16. The summed E-state index contributed by atoms with van der Waals surface area (Å²) in [5.41, 5.74) is 0. The standard InChI is InChI=1S/C55H104O6/c1-4-7-10-13-16-19-22-24-26-27-29-30-33-36-39-42-45-48-54(57)60-51-52(50-59-53(56)47-44-41-38-35-32-21-18-15-12-9-6-3)61-55(58)49-46-43-40-37-34-31-28-25-23-20-17-14-11-8-5-2/h25,28,52H,4-24,26-27,29-51H2,1-3H3/b28-25-. The Kier molecular flexibility index (Phi) is 49.3. The Morgan fingerprint density at radius 1 is 0.311 bits per heavy atom. The predicted molar refractivity (Wildman–Crippen MR) is 261 cm³/mol. The molecule has 0 saturated heterocycles. The molecule has 0 heterocycles. The molecule has 0 fully saturated rings. The number of allylic oxidation sites excluding steroid dienone is 2. The smallest absolute Gasteiger partial charge is 0.306 e. The number of carbonyl (C=O) groups excluding carboxylic acids is 3. The SMILES string of the molecule is CCCCCCCC/C=C\CCCCCCCC(=O)OC(COC(=O)CCCCCCCCCCCCC)COC(=O)CCCCCCCCCCCCCCCCCCC. The molecule has 0 aliphatic heterocycles. The van der Waals surface area contributed by atoms with Crippen molar-refractivity contribution < 1.29 is 28.6 Å². The Morgan fingerprint density at radius 3 is 0.820 bits per heavy atom. The lowest BCUT2D eigenvalue weighted by molar-refractivity contribution is -0.167. The van der Waals surface area contributed by atoms with Crippen LogP contribution in [0, 0.1) is 0 Å². The lowest BCUT2D eigenvalue weighted by atomic mass is 10.0. The minimum absolute atomic E-state index is 0.0678. The van der Waals surface area contributed by atoms with Crippen molar-refractivity contribution in [2.24, 2.45) is 0 Å². The number of unbranched alkanes of at least 4 members (excludes halogenated alkanes) is 37. The van der Waals surface area contributed by atoms with Crippen molar-refractivity contribution in [1.29, 1.82) is 0 Å². The maximum atomic E-state index is 12.8. The van der Waals surface area contributed by atoms with Gasteiger partial charge in [-0.25, -0.2) is 0 Å². The van der Waals surface area contributed by atoms with Crippen LogP contribution in [-0.4, -0.2) is 37.2 Å². The van der Waals surface area contributed by atoms with Crippen molar-refractivity contribution in [1.82, 2.24) is 0 Å². The third kappa shape index (κ3) is 49.0. The normalized spacial score (nSPS) is 12.0. The summed E-state index contributed by atoms with van der Waals surface area (Å²) in [7, 11) is 0. The van der Waals surface area contributed by atoms with E-state index in [9.17, 15) is 14.4 Å². The molecule has 0 spiro atoms. The molecule has 6 nitrogen and oxygen atoms in total. The number of rotatable bonds is 50. The summed E-state index contributed by atoms with van der Waals surface area (Å²) in [5.74, 6) is -0.858. The monoisotopic (exact) mass is 861 g/mol. The van der Waals surface area contributed by atoms with E-state index in [1.165, 1.54) is 199 Å². The van der Waals surface area contributed by atoms with Gasteiger partial charge in [0.05, 0.1) is 0 Å². The Hall–Kier alpha value is -1.85. The van der Waals surface area contributed by atoms with Crippen LogP contribution in [0.2, 0.25) is 0 Å². The van der Waals surface area contributed by atoms with Crippen LogP contribution in [-0.2, 0) is 28.6 Å². The van der Waals surface area contributed by atoms with E-state index in [2.05, 4.69) is 32.9 Å². The molecule has 0 aliphatic carbocycles. The molecule has 0 rings (SSSR count). The lowest BCUT2D eigenvalue weighted by Gasteiger charge is -2.18. The molecule has 0 amide bonds. The van der Waals surface area contributed by atoms with E-state index in [0.717, 1.165) is 64.2 Å². The van der Waals surface area contributed by atoms with Crippen LogP contribution in [0.15, 0.2) is 12.2 Å². The van der Waals surface area contributed by atoms with Crippen molar-refractivity contribution in [2.45, 2.75) is 309 Å². The van der Waals surface area contributed by atoms with Gasteiger partial charge in [-0.1, -0.05) is 251 Å². The molecule has 0 aromatic heterocycles. The molecule has 0 radical (unpaired) electrons.